The van der Waals surface area contributed by atoms with Gasteiger partial charge in [-0.05, 0) is 46.3 Å². The monoisotopic (exact) mass is 370 g/mol. The fourth-order valence-electron chi connectivity index (χ4n) is 1.13. The molecule has 1 aromatic heterocycles. The van der Waals surface area contributed by atoms with Crippen LogP contribution in [0.4, 0.5) is 4.39 Å². The molecule has 1 aromatic carbocycles. The minimum Gasteiger partial charge on any atom is -0.377 e. The number of hydrogen-bond donors (Lipinski definition) is 0. The standard InChI is InChI=1S/C10H5BrClFO3S2/c11-9-3-4-10(17-9)18(14,15)16-8-2-1-6(13)5-7(8)12/h1-5H. The van der Waals surface area contributed by atoms with Crippen molar-refractivity contribution in [2.75, 3.05) is 0 Å². The van der Waals surface area contributed by atoms with Crippen LogP contribution in [0.15, 0.2) is 38.3 Å². The van der Waals surface area contributed by atoms with Gasteiger partial charge in [-0.15, -0.1) is 11.3 Å². The van der Waals surface area contributed by atoms with E-state index in [1.807, 2.05) is 0 Å². The molecule has 2 rings (SSSR count). The van der Waals surface area contributed by atoms with E-state index in [0.717, 1.165) is 29.5 Å². The Kier molecular flexibility index (Phi) is 3.96. The molecule has 0 saturated carbocycles. The lowest BCUT2D eigenvalue weighted by atomic mass is 10.3. The minimum absolute atomic E-state index is 0.0368. The van der Waals surface area contributed by atoms with Crippen LogP contribution in [-0.4, -0.2) is 8.42 Å². The molecule has 1 heterocycles. The third-order valence-corrected chi connectivity index (χ3v) is 5.49. The van der Waals surface area contributed by atoms with Gasteiger partial charge in [0.05, 0.1) is 8.81 Å². The van der Waals surface area contributed by atoms with Crippen molar-refractivity contribution in [3.8, 4) is 5.75 Å². The summed E-state index contributed by atoms with van der Waals surface area (Å²) in [7, 11) is -3.95. The molecule has 18 heavy (non-hydrogen) atoms. The van der Waals surface area contributed by atoms with Gasteiger partial charge in [0.1, 0.15) is 5.82 Å². The highest BCUT2D eigenvalue weighted by molar-refractivity contribution is 9.11. The Morgan fingerprint density at radius 2 is 2.00 bits per heavy atom. The molecule has 0 spiro atoms. The van der Waals surface area contributed by atoms with Gasteiger partial charge >= 0.3 is 10.1 Å². The molecule has 0 N–H and O–H groups in total. The first-order valence-corrected chi connectivity index (χ1v) is 7.93. The average Bonchev–Trinajstić information content (AvgIpc) is 2.70. The summed E-state index contributed by atoms with van der Waals surface area (Å²) in [6, 6.07) is 6.21. The largest absolute Gasteiger partial charge is 0.377 e. The molecule has 0 bridgehead atoms. The number of halogens is 3. The van der Waals surface area contributed by atoms with Crippen LogP contribution in [0.25, 0.3) is 0 Å². The summed E-state index contributed by atoms with van der Waals surface area (Å²) < 4.78 is 42.1. The third-order valence-electron chi connectivity index (χ3n) is 1.89. The minimum atomic E-state index is -3.95. The molecule has 0 fully saturated rings. The van der Waals surface area contributed by atoms with Crippen LogP contribution in [0.1, 0.15) is 0 Å². The van der Waals surface area contributed by atoms with E-state index in [1.54, 1.807) is 6.07 Å². The zero-order valence-electron chi connectivity index (χ0n) is 8.56. The van der Waals surface area contributed by atoms with Crippen LogP contribution in [0, 0.1) is 5.82 Å². The summed E-state index contributed by atoms with van der Waals surface area (Å²) in [4.78, 5) is 0. The maximum Gasteiger partial charge on any atom is 0.348 e. The third kappa shape index (κ3) is 3.03. The Hall–Kier alpha value is -0.630. The van der Waals surface area contributed by atoms with Crippen LogP contribution < -0.4 is 4.18 Å². The first kappa shape index (κ1) is 13.8. The average molecular weight is 372 g/mol. The Morgan fingerprint density at radius 1 is 1.28 bits per heavy atom. The lowest BCUT2D eigenvalue weighted by Gasteiger charge is -2.06. The molecule has 0 aliphatic heterocycles. The summed E-state index contributed by atoms with van der Waals surface area (Å²) >= 11 is 9.86. The van der Waals surface area contributed by atoms with Crippen molar-refractivity contribution >= 4 is 49.0 Å². The van der Waals surface area contributed by atoms with Gasteiger partial charge in [-0.1, -0.05) is 11.6 Å². The summed E-state index contributed by atoms with van der Waals surface area (Å²) in [6.45, 7) is 0. The normalized spacial score (nSPS) is 11.5. The molecule has 0 unspecified atom stereocenters. The number of benzene rings is 1. The lowest BCUT2D eigenvalue weighted by Crippen LogP contribution is -2.08. The van der Waals surface area contributed by atoms with E-state index in [2.05, 4.69) is 15.9 Å². The second-order valence-electron chi connectivity index (χ2n) is 3.17. The predicted octanol–water partition coefficient (Wildman–Crippen LogP) is 4.07. The highest BCUT2D eigenvalue weighted by Gasteiger charge is 2.20. The highest BCUT2D eigenvalue weighted by atomic mass is 79.9. The maximum atomic E-state index is 12.8. The van der Waals surface area contributed by atoms with Gasteiger partial charge in [-0.3, -0.25) is 0 Å². The Labute approximate surface area is 120 Å². The molecule has 0 aliphatic carbocycles. The molecule has 0 atom stereocenters. The first-order chi connectivity index (χ1) is 8.38. The molecule has 8 heteroatoms. The van der Waals surface area contributed by atoms with Crippen LogP contribution in [0.3, 0.4) is 0 Å². The smallest absolute Gasteiger partial charge is 0.348 e. The molecular weight excluding hydrogens is 367 g/mol. The van der Waals surface area contributed by atoms with E-state index >= 15 is 0 Å². The van der Waals surface area contributed by atoms with E-state index in [1.165, 1.54) is 6.07 Å². The van der Waals surface area contributed by atoms with Crippen molar-refractivity contribution in [2.45, 2.75) is 4.21 Å². The Bertz CT molecular complexity index is 684. The fourth-order valence-corrected chi connectivity index (χ4v) is 4.31. The number of hydrogen-bond acceptors (Lipinski definition) is 4. The van der Waals surface area contributed by atoms with Crippen LogP contribution in [0.5, 0.6) is 5.75 Å². The van der Waals surface area contributed by atoms with E-state index in [-0.39, 0.29) is 15.0 Å². The molecule has 3 nitrogen and oxygen atoms in total. The quantitative estimate of drug-likeness (QED) is 0.764. The van der Waals surface area contributed by atoms with Gasteiger partial charge in [-0.2, -0.15) is 8.42 Å². The van der Waals surface area contributed by atoms with Crippen LogP contribution in [0.2, 0.25) is 5.02 Å². The summed E-state index contributed by atoms with van der Waals surface area (Å²) in [6.07, 6.45) is 0. The van der Waals surface area contributed by atoms with Gasteiger partial charge in [-0.25, -0.2) is 4.39 Å². The second-order valence-corrected chi connectivity index (χ2v) is 7.81. The summed E-state index contributed by atoms with van der Waals surface area (Å²) in [5.41, 5.74) is 0. The SMILES string of the molecule is O=S(=O)(Oc1ccc(F)cc1Cl)c1ccc(Br)s1. The van der Waals surface area contributed by atoms with E-state index < -0.39 is 15.9 Å². The van der Waals surface area contributed by atoms with Crippen molar-refractivity contribution in [1.82, 2.24) is 0 Å². The van der Waals surface area contributed by atoms with E-state index in [0.29, 0.717) is 3.79 Å². The predicted molar refractivity (Wildman–Crippen MR) is 71.2 cm³/mol. The fraction of sp³-hybridized carbons (Fsp3) is 0. The van der Waals surface area contributed by atoms with Crippen molar-refractivity contribution < 1.29 is 17.0 Å². The van der Waals surface area contributed by atoms with E-state index in [4.69, 9.17) is 15.8 Å². The molecule has 0 saturated heterocycles. The van der Waals surface area contributed by atoms with Crippen molar-refractivity contribution in [2.24, 2.45) is 0 Å². The maximum absolute atomic E-state index is 12.8. The van der Waals surface area contributed by atoms with Gasteiger partial charge < -0.3 is 4.18 Å². The topological polar surface area (TPSA) is 43.4 Å². The second kappa shape index (κ2) is 5.16. The lowest BCUT2D eigenvalue weighted by molar-refractivity contribution is 0.487. The molecule has 96 valence electrons. The van der Waals surface area contributed by atoms with Gasteiger partial charge in [0.25, 0.3) is 0 Å². The number of rotatable bonds is 3. The Morgan fingerprint density at radius 3 is 2.56 bits per heavy atom. The summed E-state index contributed by atoms with van der Waals surface area (Å²) in [5, 5.41) is -0.103. The molecular formula is C10H5BrClFO3S2. The highest BCUT2D eigenvalue weighted by Crippen LogP contribution is 2.31. The zero-order valence-corrected chi connectivity index (χ0v) is 12.5. The van der Waals surface area contributed by atoms with Crippen LogP contribution >= 0.6 is 38.9 Å². The van der Waals surface area contributed by atoms with E-state index in [9.17, 15) is 12.8 Å². The van der Waals surface area contributed by atoms with Crippen molar-refractivity contribution in [3.05, 3.63) is 45.0 Å². The number of thiophene rings is 1. The van der Waals surface area contributed by atoms with Gasteiger partial charge in [0.2, 0.25) is 0 Å². The van der Waals surface area contributed by atoms with Crippen LogP contribution in [-0.2, 0) is 10.1 Å². The molecule has 0 aliphatic rings. The molecule has 0 amide bonds. The zero-order chi connectivity index (χ0) is 13.3. The van der Waals surface area contributed by atoms with Gasteiger partial charge in [0.15, 0.2) is 9.96 Å². The van der Waals surface area contributed by atoms with Crippen molar-refractivity contribution in [3.63, 3.8) is 0 Å². The molecule has 0 radical (unpaired) electrons. The van der Waals surface area contributed by atoms with Gasteiger partial charge in [0, 0.05) is 0 Å². The molecule has 2 aromatic rings. The first-order valence-electron chi connectivity index (χ1n) is 4.53. The Balaban J connectivity index is 2.33. The van der Waals surface area contributed by atoms with Crippen molar-refractivity contribution in [1.29, 1.82) is 0 Å². The summed E-state index contributed by atoms with van der Waals surface area (Å²) in [5.74, 6) is -0.675.